The van der Waals surface area contributed by atoms with Gasteiger partial charge in [0, 0.05) is 0 Å². The number of halogens is 1. The van der Waals surface area contributed by atoms with Gasteiger partial charge >= 0.3 is 0 Å². The molecule has 0 amide bonds. The smallest absolute Gasteiger partial charge is 0.238 e. The van der Waals surface area contributed by atoms with Crippen molar-refractivity contribution in [1.82, 2.24) is 0 Å². The number of hydrogen-bond acceptors (Lipinski definition) is 4. The van der Waals surface area contributed by atoms with E-state index in [9.17, 15) is 9.18 Å². The van der Waals surface area contributed by atoms with Gasteiger partial charge in [-0.25, -0.2) is 9.38 Å². The Morgan fingerprint density at radius 3 is 2.58 bits per heavy atom. The summed E-state index contributed by atoms with van der Waals surface area (Å²) in [4.78, 5) is 16.0. The normalized spacial score (nSPS) is 13.3. The van der Waals surface area contributed by atoms with E-state index >= 15 is 0 Å². The number of para-hydroxylation sites is 1. The molecule has 0 aliphatic carbocycles. The van der Waals surface area contributed by atoms with Crippen molar-refractivity contribution in [3.8, 4) is 0 Å². The average molecular weight is 277 g/mol. The molecule has 0 N–H and O–H groups in total. The minimum absolute atomic E-state index is 0.00214. The zero-order valence-electron chi connectivity index (χ0n) is 10.2. The molecule has 0 spiro atoms. The molecule has 1 unspecified atom stereocenters. The van der Waals surface area contributed by atoms with Crippen LogP contribution in [-0.4, -0.2) is 23.3 Å². The van der Waals surface area contributed by atoms with Gasteiger partial charge in [-0.05, 0) is 30.5 Å². The predicted molar refractivity (Wildman–Crippen MR) is 75.0 cm³/mol. The Bertz CT molecular complexity index is 566. The van der Waals surface area contributed by atoms with Crippen molar-refractivity contribution in [2.24, 2.45) is 4.99 Å². The Balaban J connectivity index is 2.22. The van der Waals surface area contributed by atoms with E-state index in [1.807, 2.05) is 6.07 Å². The molecule has 1 aromatic carbocycles. The van der Waals surface area contributed by atoms with Gasteiger partial charge in [0.2, 0.25) is 12.0 Å². The van der Waals surface area contributed by atoms with E-state index < -0.39 is 12.0 Å². The van der Waals surface area contributed by atoms with E-state index in [1.54, 1.807) is 36.6 Å². The Kier molecular flexibility index (Phi) is 4.52. The number of ketones is 1. The minimum Gasteiger partial charge on any atom is -0.461 e. The summed E-state index contributed by atoms with van der Waals surface area (Å²) < 4.78 is 19.1. The second-order valence-electron chi connectivity index (χ2n) is 3.69. The summed E-state index contributed by atoms with van der Waals surface area (Å²) in [6.07, 6.45) is 1.22. The number of thioether (sulfide) groups is 1. The molecule has 0 aliphatic rings. The first-order valence-corrected chi connectivity index (χ1v) is 6.84. The minimum atomic E-state index is -1.80. The quantitative estimate of drug-likeness (QED) is 0.483. The maximum absolute atomic E-state index is 14.1. The van der Waals surface area contributed by atoms with Crippen LogP contribution < -0.4 is 0 Å². The van der Waals surface area contributed by atoms with Gasteiger partial charge in [-0.1, -0.05) is 18.2 Å². The highest BCUT2D eigenvalue weighted by Crippen LogP contribution is 2.19. The van der Waals surface area contributed by atoms with Crippen molar-refractivity contribution in [1.29, 1.82) is 0 Å². The van der Waals surface area contributed by atoms with Crippen LogP contribution in [-0.2, 0) is 0 Å². The van der Waals surface area contributed by atoms with Crippen molar-refractivity contribution >= 4 is 28.3 Å². The third-order valence-electron chi connectivity index (χ3n) is 2.42. The number of carbonyl (C=O) groups is 1. The van der Waals surface area contributed by atoms with Gasteiger partial charge in [-0.2, -0.15) is 0 Å². The van der Waals surface area contributed by atoms with Crippen LogP contribution in [0, 0.1) is 0 Å². The number of furan rings is 1. The Morgan fingerprint density at radius 2 is 2.00 bits per heavy atom. The Morgan fingerprint density at radius 1 is 1.26 bits per heavy atom. The number of nitrogens with zero attached hydrogens (tertiary/aromatic N) is 1. The van der Waals surface area contributed by atoms with Crippen molar-refractivity contribution in [3.05, 3.63) is 54.5 Å². The number of hydrogen-bond donors (Lipinski definition) is 0. The van der Waals surface area contributed by atoms with E-state index in [2.05, 4.69) is 4.99 Å². The zero-order valence-corrected chi connectivity index (χ0v) is 11.1. The summed E-state index contributed by atoms with van der Waals surface area (Å²) in [5.74, 6) is -0.712. The van der Waals surface area contributed by atoms with Gasteiger partial charge in [0.15, 0.2) is 5.76 Å². The summed E-state index contributed by atoms with van der Waals surface area (Å²) in [6.45, 7) is 0. The highest BCUT2D eigenvalue weighted by molar-refractivity contribution is 8.13. The number of aliphatic imine (C=N–C) groups is 1. The topological polar surface area (TPSA) is 42.6 Å². The molecule has 0 bridgehead atoms. The van der Waals surface area contributed by atoms with Crippen LogP contribution in [0.3, 0.4) is 0 Å². The maximum Gasteiger partial charge on any atom is 0.238 e. The molecule has 1 heterocycles. The maximum atomic E-state index is 14.1. The van der Waals surface area contributed by atoms with Gasteiger partial charge < -0.3 is 4.42 Å². The van der Waals surface area contributed by atoms with Crippen LogP contribution in [0.25, 0.3) is 0 Å². The summed E-state index contributed by atoms with van der Waals surface area (Å²) in [5, 5.41) is 0.118. The van der Waals surface area contributed by atoms with Gasteiger partial charge in [0.1, 0.15) is 5.04 Å². The molecule has 1 aromatic heterocycles. The lowest BCUT2D eigenvalue weighted by atomic mass is 10.2. The summed E-state index contributed by atoms with van der Waals surface area (Å²) in [5.41, 5.74) is 0.613. The average Bonchev–Trinajstić information content (AvgIpc) is 2.98. The van der Waals surface area contributed by atoms with E-state index in [0.29, 0.717) is 5.69 Å². The number of rotatable bonds is 4. The van der Waals surface area contributed by atoms with Crippen LogP contribution in [0.2, 0.25) is 0 Å². The van der Waals surface area contributed by atoms with Gasteiger partial charge in [0.05, 0.1) is 12.0 Å². The first-order valence-electron chi connectivity index (χ1n) is 5.62. The molecule has 0 saturated carbocycles. The van der Waals surface area contributed by atoms with Gasteiger partial charge in [-0.15, -0.1) is 11.8 Å². The third-order valence-corrected chi connectivity index (χ3v) is 3.13. The Hall–Kier alpha value is -1.88. The van der Waals surface area contributed by atoms with E-state index in [0.717, 1.165) is 11.8 Å². The molecule has 2 rings (SSSR count). The van der Waals surface area contributed by atoms with E-state index in [-0.39, 0.29) is 10.8 Å². The van der Waals surface area contributed by atoms with Crippen molar-refractivity contribution in [3.63, 3.8) is 0 Å². The fraction of sp³-hybridized carbons (Fsp3) is 0.143. The fourth-order valence-corrected chi connectivity index (χ4v) is 2.00. The molecule has 0 radical (unpaired) electrons. The lowest BCUT2D eigenvalue weighted by Gasteiger charge is -2.07. The van der Waals surface area contributed by atoms with Crippen molar-refractivity contribution in [2.75, 3.05) is 6.26 Å². The Labute approximate surface area is 114 Å². The van der Waals surface area contributed by atoms with Crippen LogP contribution in [0.15, 0.2) is 58.1 Å². The number of benzene rings is 1. The monoisotopic (exact) mass is 277 g/mol. The first kappa shape index (κ1) is 13.5. The zero-order chi connectivity index (χ0) is 13.7. The largest absolute Gasteiger partial charge is 0.461 e. The second kappa shape index (κ2) is 6.33. The molecule has 5 heteroatoms. The highest BCUT2D eigenvalue weighted by atomic mass is 32.2. The molecular formula is C14H12FNO2S. The van der Waals surface area contributed by atoms with Crippen molar-refractivity contribution in [2.45, 2.75) is 6.17 Å². The molecule has 19 heavy (non-hydrogen) atoms. The summed E-state index contributed by atoms with van der Waals surface area (Å²) >= 11 is 1.11. The van der Waals surface area contributed by atoms with Crippen LogP contribution >= 0.6 is 11.8 Å². The SMILES string of the molecule is CSC(=Nc1ccccc1)C(F)C(=O)c1ccco1. The molecule has 1 atom stereocenters. The fourth-order valence-electron chi connectivity index (χ4n) is 1.49. The number of carbonyl (C=O) groups excluding carboxylic acids is 1. The molecule has 0 aliphatic heterocycles. The number of alkyl halides is 1. The third kappa shape index (κ3) is 3.32. The summed E-state index contributed by atoms with van der Waals surface area (Å²) in [7, 11) is 0. The molecule has 98 valence electrons. The van der Waals surface area contributed by atoms with E-state index in [1.165, 1.54) is 12.3 Å². The molecule has 3 nitrogen and oxygen atoms in total. The lowest BCUT2D eigenvalue weighted by molar-refractivity contribution is 0.0899. The molecular weight excluding hydrogens is 265 g/mol. The van der Waals surface area contributed by atoms with Gasteiger partial charge in [-0.3, -0.25) is 4.79 Å². The summed E-state index contributed by atoms with van der Waals surface area (Å²) in [6, 6.07) is 11.9. The molecule has 0 saturated heterocycles. The standard InChI is InChI=1S/C14H12FNO2S/c1-19-14(16-10-6-3-2-4-7-10)12(15)13(17)11-8-5-9-18-11/h2-9,12H,1H3. The second-order valence-corrected chi connectivity index (χ2v) is 4.52. The van der Waals surface area contributed by atoms with Crippen LogP contribution in [0.5, 0.6) is 0 Å². The van der Waals surface area contributed by atoms with Crippen molar-refractivity contribution < 1.29 is 13.6 Å². The van der Waals surface area contributed by atoms with Crippen LogP contribution in [0.4, 0.5) is 10.1 Å². The first-order chi connectivity index (χ1) is 9.22. The lowest BCUT2D eigenvalue weighted by Crippen LogP contribution is -2.23. The molecule has 2 aromatic rings. The molecule has 0 fully saturated rings. The highest BCUT2D eigenvalue weighted by Gasteiger charge is 2.26. The van der Waals surface area contributed by atoms with Gasteiger partial charge in [0.25, 0.3) is 0 Å². The number of Topliss-reactive ketones (excluding diaryl/α,β-unsaturated/α-hetero) is 1. The van der Waals surface area contributed by atoms with E-state index in [4.69, 9.17) is 4.42 Å². The van der Waals surface area contributed by atoms with Crippen LogP contribution in [0.1, 0.15) is 10.6 Å². The predicted octanol–water partition coefficient (Wildman–Crippen LogP) is 3.89.